The molecule has 0 aliphatic carbocycles. The Labute approximate surface area is 89.0 Å². The first-order chi connectivity index (χ1) is 7.29. The summed E-state index contributed by atoms with van der Waals surface area (Å²) in [4.78, 5) is 17.1. The molecular weight excluding hydrogens is 192 g/mol. The van der Waals surface area contributed by atoms with Crippen molar-refractivity contribution in [2.24, 2.45) is 0 Å². The van der Waals surface area contributed by atoms with Crippen molar-refractivity contribution in [2.45, 2.75) is 32.1 Å². The number of H-pyrrole nitrogens is 1. The number of allylic oxidation sites excluding steroid dienone is 1. The normalized spacial score (nSPS) is 10.9. The van der Waals surface area contributed by atoms with Crippen LogP contribution in [0.4, 0.5) is 0 Å². The highest BCUT2D eigenvalue weighted by Gasteiger charge is 1.95. The highest BCUT2D eigenvalue weighted by Crippen LogP contribution is 2.05. The number of carbonyl (C=O) groups is 1. The minimum Gasteiger partial charge on any atom is -0.481 e. The van der Waals surface area contributed by atoms with E-state index < -0.39 is 5.97 Å². The van der Waals surface area contributed by atoms with Gasteiger partial charge in [-0.3, -0.25) is 4.79 Å². The number of aliphatic carboxylic acids is 1. The van der Waals surface area contributed by atoms with Crippen LogP contribution in [0, 0.1) is 0 Å². The molecule has 0 unspecified atom stereocenters. The van der Waals surface area contributed by atoms with E-state index in [9.17, 15) is 4.79 Å². The van der Waals surface area contributed by atoms with Crippen LogP contribution < -0.4 is 0 Å². The number of carboxylic acid groups (broad SMARTS) is 1. The van der Waals surface area contributed by atoms with Gasteiger partial charge in [0.25, 0.3) is 0 Å². The molecule has 15 heavy (non-hydrogen) atoms. The summed E-state index contributed by atoms with van der Waals surface area (Å²) >= 11 is 0. The van der Waals surface area contributed by atoms with Crippen molar-refractivity contribution >= 4 is 12.0 Å². The number of aromatic nitrogens is 2. The number of nitrogens with zero attached hydrogens (tertiary/aromatic N) is 1. The van der Waals surface area contributed by atoms with Crippen LogP contribution in [0.25, 0.3) is 6.08 Å². The van der Waals surface area contributed by atoms with Crippen molar-refractivity contribution in [2.75, 3.05) is 0 Å². The molecule has 0 saturated heterocycles. The van der Waals surface area contributed by atoms with Crippen molar-refractivity contribution < 1.29 is 9.90 Å². The Kier molecular flexibility index (Phi) is 5.22. The average molecular weight is 208 g/mol. The minimum absolute atomic E-state index is 0.282. The third-order valence-electron chi connectivity index (χ3n) is 2.08. The molecule has 2 N–H and O–H groups in total. The van der Waals surface area contributed by atoms with Gasteiger partial charge in [0.2, 0.25) is 0 Å². The van der Waals surface area contributed by atoms with Crippen molar-refractivity contribution in [1.82, 2.24) is 9.97 Å². The van der Waals surface area contributed by atoms with E-state index in [4.69, 9.17) is 5.11 Å². The number of nitrogens with one attached hydrogen (secondary N) is 1. The number of unbranched alkanes of at least 4 members (excludes halogenated alkanes) is 3. The first kappa shape index (κ1) is 11.5. The molecule has 0 spiro atoms. The summed E-state index contributed by atoms with van der Waals surface area (Å²) in [5.41, 5.74) is 1.00. The van der Waals surface area contributed by atoms with Gasteiger partial charge in [-0.2, -0.15) is 0 Å². The Morgan fingerprint density at radius 3 is 3.00 bits per heavy atom. The standard InChI is InChI=1S/C11H16N2O2/c14-11(15)7-5-3-1-2-4-6-10-8-12-9-13-10/h4,6,8-9H,1-3,5,7H2,(H,12,13)(H,14,15)/b6-4+. The van der Waals surface area contributed by atoms with E-state index in [0.717, 1.165) is 31.4 Å². The van der Waals surface area contributed by atoms with Gasteiger partial charge in [-0.15, -0.1) is 0 Å². The Bertz CT molecular complexity index is 304. The van der Waals surface area contributed by atoms with E-state index in [1.165, 1.54) is 0 Å². The summed E-state index contributed by atoms with van der Waals surface area (Å²) in [7, 11) is 0. The fraction of sp³-hybridized carbons (Fsp3) is 0.455. The molecule has 1 rings (SSSR count). The third-order valence-corrected chi connectivity index (χ3v) is 2.08. The van der Waals surface area contributed by atoms with Crippen LogP contribution in [0.1, 0.15) is 37.8 Å². The van der Waals surface area contributed by atoms with E-state index in [1.807, 2.05) is 6.08 Å². The van der Waals surface area contributed by atoms with Gasteiger partial charge in [-0.1, -0.05) is 12.5 Å². The lowest BCUT2D eigenvalue weighted by Gasteiger charge is -1.94. The zero-order valence-electron chi connectivity index (χ0n) is 8.65. The minimum atomic E-state index is -0.706. The Morgan fingerprint density at radius 1 is 1.47 bits per heavy atom. The monoisotopic (exact) mass is 208 g/mol. The number of hydrogen-bond donors (Lipinski definition) is 2. The predicted molar refractivity (Wildman–Crippen MR) is 58.3 cm³/mol. The maximum absolute atomic E-state index is 10.2. The Hall–Kier alpha value is -1.58. The smallest absolute Gasteiger partial charge is 0.303 e. The SMILES string of the molecule is O=C(O)CCCCC/C=C/c1cnc[nH]1. The van der Waals surface area contributed by atoms with E-state index in [1.54, 1.807) is 12.5 Å². The van der Waals surface area contributed by atoms with Crippen LogP contribution in [0.15, 0.2) is 18.6 Å². The van der Waals surface area contributed by atoms with Crippen LogP contribution in [0.5, 0.6) is 0 Å². The zero-order chi connectivity index (χ0) is 10.9. The van der Waals surface area contributed by atoms with E-state index in [-0.39, 0.29) is 6.42 Å². The number of imidazole rings is 1. The predicted octanol–water partition coefficient (Wildman–Crippen LogP) is 2.46. The van der Waals surface area contributed by atoms with Crippen molar-refractivity contribution in [3.8, 4) is 0 Å². The molecule has 1 aromatic heterocycles. The lowest BCUT2D eigenvalue weighted by Crippen LogP contribution is -1.93. The molecule has 0 aliphatic heterocycles. The lowest BCUT2D eigenvalue weighted by atomic mass is 10.1. The molecule has 1 aromatic rings. The molecule has 0 aliphatic rings. The van der Waals surface area contributed by atoms with Gasteiger partial charge in [-0.05, 0) is 25.3 Å². The Morgan fingerprint density at radius 2 is 2.33 bits per heavy atom. The molecule has 0 fully saturated rings. The molecule has 4 heteroatoms. The fourth-order valence-corrected chi connectivity index (χ4v) is 1.28. The van der Waals surface area contributed by atoms with Crippen LogP contribution in [-0.4, -0.2) is 21.0 Å². The summed E-state index contributed by atoms with van der Waals surface area (Å²) in [6.07, 6.45) is 11.5. The summed E-state index contributed by atoms with van der Waals surface area (Å²) in [6, 6.07) is 0. The van der Waals surface area contributed by atoms with Gasteiger partial charge in [0.1, 0.15) is 0 Å². The van der Waals surface area contributed by atoms with Gasteiger partial charge >= 0.3 is 5.97 Å². The molecule has 82 valence electrons. The first-order valence-electron chi connectivity index (χ1n) is 5.16. The quantitative estimate of drug-likeness (QED) is 0.676. The molecule has 0 atom stereocenters. The molecule has 1 heterocycles. The maximum atomic E-state index is 10.2. The van der Waals surface area contributed by atoms with Crippen molar-refractivity contribution in [3.05, 3.63) is 24.3 Å². The molecule has 0 bridgehead atoms. The van der Waals surface area contributed by atoms with E-state index >= 15 is 0 Å². The van der Waals surface area contributed by atoms with E-state index in [2.05, 4.69) is 16.0 Å². The number of rotatable bonds is 7. The van der Waals surface area contributed by atoms with Gasteiger partial charge in [0.15, 0.2) is 0 Å². The van der Waals surface area contributed by atoms with Crippen LogP contribution >= 0.6 is 0 Å². The van der Waals surface area contributed by atoms with Gasteiger partial charge < -0.3 is 10.1 Å². The number of carboxylic acids is 1. The second kappa shape index (κ2) is 6.81. The molecule has 0 aromatic carbocycles. The maximum Gasteiger partial charge on any atom is 0.303 e. The Balaban J connectivity index is 2.00. The second-order valence-electron chi connectivity index (χ2n) is 3.40. The second-order valence-corrected chi connectivity index (χ2v) is 3.40. The van der Waals surface area contributed by atoms with Gasteiger partial charge in [0, 0.05) is 6.42 Å². The summed E-state index contributed by atoms with van der Waals surface area (Å²) in [5.74, 6) is -0.706. The summed E-state index contributed by atoms with van der Waals surface area (Å²) < 4.78 is 0. The molecule has 0 radical (unpaired) electrons. The molecule has 0 amide bonds. The first-order valence-corrected chi connectivity index (χ1v) is 5.16. The van der Waals surface area contributed by atoms with Crippen molar-refractivity contribution in [1.29, 1.82) is 0 Å². The van der Waals surface area contributed by atoms with E-state index in [0.29, 0.717) is 0 Å². The van der Waals surface area contributed by atoms with Gasteiger partial charge in [-0.25, -0.2) is 4.98 Å². The number of hydrogen-bond acceptors (Lipinski definition) is 2. The molecule has 4 nitrogen and oxygen atoms in total. The summed E-state index contributed by atoms with van der Waals surface area (Å²) in [5, 5.41) is 8.42. The zero-order valence-corrected chi connectivity index (χ0v) is 8.65. The summed E-state index contributed by atoms with van der Waals surface area (Å²) in [6.45, 7) is 0. The van der Waals surface area contributed by atoms with Gasteiger partial charge in [0.05, 0.1) is 18.2 Å². The topological polar surface area (TPSA) is 66.0 Å². The van der Waals surface area contributed by atoms with Crippen LogP contribution in [-0.2, 0) is 4.79 Å². The number of aromatic amines is 1. The van der Waals surface area contributed by atoms with Crippen LogP contribution in [0.3, 0.4) is 0 Å². The third kappa shape index (κ3) is 5.67. The largest absolute Gasteiger partial charge is 0.481 e. The lowest BCUT2D eigenvalue weighted by molar-refractivity contribution is -0.137. The average Bonchev–Trinajstić information content (AvgIpc) is 2.68. The fourth-order valence-electron chi connectivity index (χ4n) is 1.28. The van der Waals surface area contributed by atoms with Crippen LogP contribution in [0.2, 0.25) is 0 Å². The molecule has 0 saturated carbocycles. The highest BCUT2D eigenvalue weighted by molar-refractivity contribution is 5.66. The van der Waals surface area contributed by atoms with Crippen molar-refractivity contribution in [3.63, 3.8) is 0 Å². The highest BCUT2D eigenvalue weighted by atomic mass is 16.4. The molecular formula is C11H16N2O2.